The molecule has 0 saturated carbocycles. The van der Waals surface area contributed by atoms with Crippen molar-refractivity contribution in [3.63, 3.8) is 0 Å². The Hall–Kier alpha value is -0.0151. The second-order valence-corrected chi connectivity index (χ2v) is 0.577. The molecule has 0 fully saturated rings. The highest BCUT2D eigenvalue weighted by Crippen LogP contribution is 1.22. The van der Waals surface area contributed by atoms with Gasteiger partial charge < -0.3 is 11.0 Å². The lowest BCUT2D eigenvalue weighted by Gasteiger charge is -1.89. The van der Waals surface area contributed by atoms with Crippen LogP contribution in [0.25, 0.3) is 0 Å². The van der Waals surface area contributed by atoms with Crippen molar-refractivity contribution in [3.05, 3.63) is 0 Å². The first-order valence-electron chi connectivity index (χ1n) is 1.32. The zero-order valence-corrected chi connectivity index (χ0v) is 2.57. The van der Waals surface area contributed by atoms with Crippen LogP contribution in [0.5, 0.6) is 0 Å². The average Bonchev–Trinajstić information content (AvgIpc) is 1.41. The summed E-state index contributed by atoms with van der Waals surface area (Å²) in [5, 5.41) is 2.31. The van der Waals surface area contributed by atoms with Gasteiger partial charge in [-0.1, -0.05) is 0 Å². The molecule has 0 aromatic heterocycles. The summed E-state index contributed by atoms with van der Waals surface area (Å²) in [4.78, 5) is 0. The Labute approximate surface area is 33.2 Å². The molecule has 3 heteroatoms. The van der Waals surface area contributed by atoms with E-state index in [1.54, 1.807) is 0 Å². The number of hydrogen-bond donors (Lipinski definition) is 2. The molecule has 0 aliphatic carbocycles. The van der Waals surface area contributed by atoms with E-state index >= 15 is 0 Å². The van der Waals surface area contributed by atoms with Gasteiger partial charge in [-0.25, -0.2) is 0 Å². The first-order valence-corrected chi connectivity index (χ1v) is 1.32. The molecule has 0 radical (unpaired) electrons. The molecule has 0 spiro atoms. The lowest BCUT2D eigenvalue weighted by molar-refractivity contribution is -0.503. The van der Waals surface area contributed by atoms with Crippen molar-refractivity contribution in [3.8, 4) is 0 Å². The summed E-state index contributed by atoms with van der Waals surface area (Å²) in [6, 6.07) is 0. The Morgan fingerprint density at radius 2 is 2.40 bits per heavy atom. The van der Waals surface area contributed by atoms with Crippen molar-refractivity contribution >= 4 is 7.98 Å². The zero-order valence-electron chi connectivity index (χ0n) is 2.57. The first-order chi connectivity index (χ1) is 2.41. The quantitative estimate of drug-likeness (QED) is 0.332. The molecule has 0 aromatic rings. The van der Waals surface area contributed by atoms with Gasteiger partial charge >= 0.3 is 0 Å². The Balaban J connectivity index is 2.19. The first kappa shape index (κ1) is 4.98. The van der Waals surface area contributed by atoms with Gasteiger partial charge in [-0.05, 0) is 0 Å². The highest BCUT2D eigenvalue weighted by atomic mass is 14.8. The predicted octanol–water partition coefficient (Wildman–Crippen LogP) is -3.21. The second kappa shape index (κ2) is 3.98. The third-order valence-electron chi connectivity index (χ3n) is 0.167. The molecule has 2 nitrogen and oxygen atoms in total. The Kier molecular flexibility index (Phi) is 3.97. The summed E-state index contributed by atoms with van der Waals surface area (Å²) < 4.78 is 0. The fourth-order valence-corrected chi connectivity index (χ4v) is 0. The fraction of sp³-hybridized carbons (Fsp3) is 1.00. The van der Waals surface area contributed by atoms with Gasteiger partial charge in [0.2, 0.25) is 0 Å². The third-order valence-corrected chi connectivity index (χ3v) is 0.167. The van der Waals surface area contributed by atoms with E-state index in [0.29, 0.717) is 7.98 Å². The Bertz CT molecular complexity index is 15.1. The van der Waals surface area contributed by atoms with Gasteiger partial charge in [0.15, 0.2) is 7.98 Å². The van der Waals surface area contributed by atoms with Crippen LogP contribution in [0.1, 0.15) is 0 Å². The maximum absolute atomic E-state index is 5.15. The van der Waals surface area contributed by atoms with Crippen LogP contribution in [0.4, 0.5) is 0 Å². The van der Waals surface area contributed by atoms with Gasteiger partial charge in [-0.3, -0.25) is 0 Å². The van der Waals surface area contributed by atoms with E-state index in [-0.39, 0.29) is 0 Å². The van der Waals surface area contributed by atoms with Gasteiger partial charge in [-0.2, -0.15) is 0 Å². The lowest BCUT2D eigenvalue weighted by Crippen LogP contribution is -2.83. The van der Waals surface area contributed by atoms with E-state index in [1.165, 1.54) is 0 Å². The van der Waals surface area contributed by atoms with E-state index < -0.39 is 0 Å². The van der Waals surface area contributed by atoms with Crippen LogP contribution < -0.4 is 11.0 Å². The predicted molar refractivity (Wildman–Crippen MR) is 25.8 cm³/mol. The van der Waals surface area contributed by atoms with Crippen LogP contribution in [0, 0.1) is 0 Å². The molecular weight excluding hydrogens is 62.8 g/mol. The molecule has 5 heavy (non-hydrogen) atoms. The fourth-order valence-electron chi connectivity index (χ4n) is 0. The number of nitrogens with two attached hydrogens (primary N) is 2. The van der Waals surface area contributed by atoms with Gasteiger partial charge in [-0.15, -0.1) is 0 Å². The molecule has 0 aliphatic rings. The third kappa shape index (κ3) is 3.98. The van der Waals surface area contributed by atoms with Crippen molar-refractivity contribution in [2.45, 2.75) is 0 Å². The summed E-state index contributed by atoms with van der Waals surface area (Å²) in [6.45, 7) is 2.00. The minimum absolute atomic E-state index is 0.543. The molecule has 0 saturated heterocycles. The smallest absolute Gasteiger partial charge is 0.166 e. The van der Waals surface area contributed by atoms with Gasteiger partial charge in [0.05, 0.1) is 0 Å². The largest absolute Gasteiger partial charge is 0.543 e. The molecule has 4 N–H and O–H groups in total. The highest BCUT2D eigenvalue weighted by Gasteiger charge is 1.64. The molecule has 0 unspecified atom stereocenters. The summed E-state index contributed by atoms with van der Waals surface area (Å²) in [5.41, 5.74) is 5.15. The topological polar surface area (TPSA) is 42.6 Å². The number of quaternary nitrogens is 1. The van der Waals surface area contributed by atoms with Gasteiger partial charge in [0.25, 0.3) is 0 Å². The summed E-state index contributed by atoms with van der Waals surface area (Å²) >= 11 is 0. The van der Waals surface area contributed by atoms with Crippen LogP contribution in [0.3, 0.4) is 0 Å². The minimum atomic E-state index is 0.543. The summed E-state index contributed by atoms with van der Waals surface area (Å²) in [7, 11) is 0.543. The molecular formula is C2H11BN2. The van der Waals surface area contributed by atoms with Crippen molar-refractivity contribution < 1.29 is 5.23 Å². The maximum Gasteiger partial charge on any atom is 0.166 e. The van der Waals surface area contributed by atoms with Crippen molar-refractivity contribution in [2.24, 2.45) is 5.73 Å². The number of hydrogen-bond acceptors (Lipinski definition) is 1. The molecule has 32 valence electrons. The van der Waals surface area contributed by atoms with Crippen molar-refractivity contribution in [1.29, 1.82) is 0 Å². The molecule has 0 rings (SSSR count). The molecule has 0 aliphatic heterocycles. The molecule has 0 atom stereocenters. The van der Waals surface area contributed by atoms with Crippen LogP contribution in [0.15, 0.2) is 0 Å². The summed E-state index contributed by atoms with van der Waals surface area (Å²) in [6.07, 6.45) is 0. The van der Waals surface area contributed by atoms with Crippen molar-refractivity contribution in [1.82, 2.24) is 0 Å². The maximum atomic E-state index is 5.15. The van der Waals surface area contributed by atoms with E-state index in [4.69, 9.17) is 5.73 Å². The monoisotopic (exact) mass is 74.1 g/mol. The highest BCUT2D eigenvalue weighted by molar-refractivity contribution is 5.93. The number of rotatable bonds is 2. The standard InChI is InChI=1S/C2H11BN2/c3-5-2-1-4/h1-2,4-5H2,3H3. The zero-order chi connectivity index (χ0) is 4.12. The van der Waals surface area contributed by atoms with E-state index in [9.17, 15) is 0 Å². The van der Waals surface area contributed by atoms with Crippen LogP contribution in [-0.4, -0.2) is 21.1 Å². The van der Waals surface area contributed by atoms with Crippen LogP contribution in [0.2, 0.25) is 0 Å². The van der Waals surface area contributed by atoms with Gasteiger partial charge in [0.1, 0.15) is 0 Å². The average molecular weight is 73.9 g/mol. The second-order valence-electron chi connectivity index (χ2n) is 0.577. The van der Waals surface area contributed by atoms with Crippen LogP contribution in [-0.2, 0) is 0 Å². The minimum Gasteiger partial charge on any atom is -0.543 e. The van der Waals surface area contributed by atoms with E-state index in [1.807, 2.05) is 0 Å². The van der Waals surface area contributed by atoms with E-state index in [2.05, 4.69) is 5.23 Å². The molecule has 0 heterocycles. The van der Waals surface area contributed by atoms with Crippen molar-refractivity contribution in [2.75, 3.05) is 13.1 Å². The Morgan fingerprint density at radius 3 is 2.40 bits per heavy atom. The Morgan fingerprint density at radius 1 is 1.80 bits per heavy atom. The van der Waals surface area contributed by atoms with Gasteiger partial charge in [0, 0.05) is 13.1 Å². The van der Waals surface area contributed by atoms with Crippen LogP contribution >= 0.6 is 0 Å². The van der Waals surface area contributed by atoms with E-state index in [0.717, 1.165) is 13.1 Å². The normalized spacial score (nSPS) is 8.40. The molecule has 0 bridgehead atoms. The molecule has 0 amide bonds. The lowest BCUT2D eigenvalue weighted by atomic mass is 10.4. The SMILES string of the molecule is [BH3-][NH2+]CCN. The summed E-state index contributed by atoms with van der Waals surface area (Å²) in [5.74, 6) is 0. The molecule has 0 aromatic carbocycles.